The average Bonchev–Trinajstić information content (AvgIpc) is 2.77. The number of carbonyl (C=O) groups is 1. The van der Waals surface area contributed by atoms with E-state index in [4.69, 9.17) is 4.52 Å². The summed E-state index contributed by atoms with van der Waals surface area (Å²) in [5.41, 5.74) is 1.10. The van der Waals surface area contributed by atoms with Crippen molar-refractivity contribution in [1.29, 1.82) is 0 Å². The molecule has 1 aromatic heterocycles. The van der Waals surface area contributed by atoms with Gasteiger partial charge in [-0.25, -0.2) is 0 Å². The minimum absolute atomic E-state index is 0.0122. The normalized spacial score (nSPS) is 10.2. The van der Waals surface area contributed by atoms with Gasteiger partial charge in [0.1, 0.15) is 6.42 Å². The second kappa shape index (κ2) is 5.25. The van der Waals surface area contributed by atoms with Crippen molar-refractivity contribution in [2.75, 3.05) is 7.11 Å². The molecule has 0 N–H and O–H groups in total. The molecule has 1 aromatic carbocycles. The number of hydrogen-bond donors (Lipinski definition) is 0. The van der Waals surface area contributed by atoms with Gasteiger partial charge in [-0.2, -0.15) is 4.98 Å². The van der Waals surface area contributed by atoms with E-state index in [9.17, 15) is 4.79 Å². The van der Waals surface area contributed by atoms with Crippen LogP contribution in [-0.4, -0.2) is 23.2 Å². The lowest BCUT2D eigenvalue weighted by Gasteiger charge is -1.94. The van der Waals surface area contributed by atoms with Crippen LogP contribution in [0.5, 0.6) is 0 Å². The second-order valence-corrected chi connectivity index (χ2v) is 3.52. The predicted octanol–water partition coefficient (Wildman–Crippen LogP) is 1.38. The number of ether oxygens (including phenoxy) is 1. The molecular weight excluding hydrogens is 220 g/mol. The molecule has 0 radical (unpaired) electrons. The van der Waals surface area contributed by atoms with Gasteiger partial charge in [-0.05, 0) is 5.56 Å². The smallest absolute Gasteiger partial charge is 0.315 e. The number of carbonyl (C=O) groups excluding carboxylic acids is 1. The second-order valence-electron chi connectivity index (χ2n) is 3.52. The highest BCUT2D eigenvalue weighted by atomic mass is 16.5. The minimum atomic E-state index is -0.389. The molecule has 0 atom stereocenters. The third kappa shape index (κ3) is 3.14. The Bertz CT molecular complexity index is 493. The van der Waals surface area contributed by atoms with Gasteiger partial charge >= 0.3 is 5.97 Å². The quantitative estimate of drug-likeness (QED) is 0.745. The molecule has 5 heteroatoms. The third-order valence-electron chi connectivity index (χ3n) is 2.24. The van der Waals surface area contributed by atoms with E-state index in [1.54, 1.807) is 0 Å². The van der Waals surface area contributed by atoms with Crippen molar-refractivity contribution in [3.05, 3.63) is 47.6 Å². The van der Waals surface area contributed by atoms with Crippen molar-refractivity contribution in [1.82, 2.24) is 10.1 Å². The number of aromatic nitrogens is 2. The lowest BCUT2D eigenvalue weighted by atomic mass is 10.1. The minimum Gasteiger partial charge on any atom is -0.469 e. The van der Waals surface area contributed by atoms with Gasteiger partial charge < -0.3 is 9.26 Å². The van der Waals surface area contributed by atoms with E-state index in [0.717, 1.165) is 5.56 Å². The van der Waals surface area contributed by atoms with Crippen LogP contribution in [0, 0.1) is 0 Å². The van der Waals surface area contributed by atoms with E-state index in [0.29, 0.717) is 12.2 Å². The average molecular weight is 232 g/mol. The Balaban J connectivity index is 2.01. The van der Waals surface area contributed by atoms with Gasteiger partial charge in [-0.1, -0.05) is 35.5 Å². The fraction of sp³-hybridized carbons (Fsp3) is 0.250. The topological polar surface area (TPSA) is 65.2 Å². The summed E-state index contributed by atoms with van der Waals surface area (Å²) in [4.78, 5) is 15.1. The zero-order valence-corrected chi connectivity index (χ0v) is 9.42. The Morgan fingerprint density at radius 3 is 2.82 bits per heavy atom. The van der Waals surface area contributed by atoms with Crippen molar-refractivity contribution in [2.24, 2.45) is 0 Å². The van der Waals surface area contributed by atoms with Crippen molar-refractivity contribution in [3.8, 4) is 0 Å². The molecule has 0 saturated carbocycles. The summed E-state index contributed by atoms with van der Waals surface area (Å²) < 4.78 is 9.46. The number of rotatable bonds is 4. The zero-order chi connectivity index (χ0) is 12.1. The molecule has 0 aliphatic heterocycles. The Morgan fingerprint density at radius 1 is 1.35 bits per heavy atom. The molecule has 2 rings (SSSR count). The molecule has 0 aliphatic rings. The monoisotopic (exact) mass is 232 g/mol. The highest BCUT2D eigenvalue weighted by Crippen LogP contribution is 2.07. The van der Waals surface area contributed by atoms with E-state index < -0.39 is 0 Å². The number of hydrogen-bond acceptors (Lipinski definition) is 5. The molecule has 0 aliphatic carbocycles. The molecule has 0 bridgehead atoms. The highest BCUT2D eigenvalue weighted by Gasteiger charge is 2.11. The van der Waals surface area contributed by atoms with E-state index in [1.165, 1.54) is 7.11 Å². The van der Waals surface area contributed by atoms with Crippen LogP contribution >= 0.6 is 0 Å². The van der Waals surface area contributed by atoms with E-state index >= 15 is 0 Å². The van der Waals surface area contributed by atoms with Crippen LogP contribution in [-0.2, 0) is 22.4 Å². The van der Waals surface area contributed by atoms with Crippen LogP contribution in [0.15, 0.2) is 34.9 Å². The van der Waals surface area contributed by atoms with Crippen LogP contribution in [0.3, 0.4) is 0 Å². The number of methoxy groups -OCH3 is 1. The molecule has 88 valence electrons. The van der Waals surface area contributed by atoms with Gasteiger partial charge in [0.25, 0.3) is 0 Å². The van der Waals surface area contributed by atoms with Crippen LogP contribution in [0.25, 0.3) is 0 Å². The van der Waals surface area contributed by atoms with Gasteiger partial charge in [0.2, 0.25) is 5.89 Å². The molecule has 0 spiro atoms. The van der Waals surface area contributed by atoms with E-state index in [1.807, 2.05) is 30.3 Å². The van der Waals surface area contributed by atoms with Crippen molar-refractivity contribution < 1.29 is 14.1 Å². The van der Waals surface area contributed by atoms with Crippen LogP contribution in [0.4, 0.5) is 0 Å². The summed E-state index contributed by atoms with van der Waals surface area (Å²) in [5, 5.41) is 3.80. The summed E-state index contributed by atoms with van der Waals surface area (Å²) >= 11 is 0. The Morgan fingerprint density at radius 2 is 2.12 bits per heavy atom. The Labute approximate surface area is 98.4 Å². The molecule has 2 aromatic rings. The Hall–Kier alpha value is -2.17. The van der Waals surface area contributed by atoms with Crippen LogP contribution < -0.4 is 0 Å². The highest BCUT2D eigenvalue weighted by molar-refractivity contribution is 5.71. The zero-order valence-electron chi connectivity index (χ0n) is 9.42. The van der Waals surface area contributed by atoms with Gasteiger partial charge in [-0.15, -0.1) is 0 Å². The number of benzene rings is 1. The largest absolute Gasteiger partial charge is 0.469 e. The molecular formula is C12H12N2O3. The van der Waals surface area contributed by atoms with Gasteiger partial charge in [-0.3, -0.25) is 4.79 Å². The fourth-order valence-electron chi connectivity index (χ4n) is 1.41. The first-order chi connectivity index (χ1) is 8.28. The first-order valence-electron chi connectivity index (χ1n) is 5.20. The summed E-state index contributed by atoms with van der Waals surface area (Å²) in [6, 6.07) is 9.81. The predicted molar refractivity (Wildman–Crippen MR) is 59.3 cm³/mol. The SMILES string of the molecule is COC(=O)Cc1nc(Cc2ccccc2)no1. The number of esters is 1. The van der Waals surface area contributed by atoms with Gasteiger partial charge in [0.05, 0.1) is 7.11 Å². The van der Waals surface area contributed by atoms with Crippen LogP contribution in [0.2, 0.25) is 0 Å². The standard InChI is InChI=1S/C12H12N2O3/c1-16-12(15)8-11-13-10(14-17-11)7-9-5-3-2-4-6-9/h2-6H,7-8H2,1H3. The van der Waals surface area contributed by atoms with Crippen molar-refractivity contribution >= 4 is 5.97 Å². The molecule has 0 fully saturated rings. The van der Waals surface area contributed by atoms with E-state index in [-0.39, 0.29) is 18.3 Å². The fourth-order valence-corrected chi connectivity index (χ4v) is 1.41. The molecule has 5 nitrogen and oxygen atoms in total. The summed E-state index contributed by atoms with van der Waals surface area (Å²) in [6.45, 7) is 0. The maximum absolute atomic E-state index is 11.0. The summed E-state index contributed by atoms with van der Waals surface area (Å²) in [7, 11) is 1.32. The molecule has 17 heavy (non-hydrogen) atoms. The van der Waals surface area contributed by atoms with Crippen LogP contribution in [0.1, 0.15) is 17.3 Å². The lowest BCUT2D eigenvalue weighted by molar-refractivity contribution is -0.140. The third-order valence-corrected chi connectivity index (χ3v) is 2.24. The van der Waals surface area contributed by atoms with Crippen molar-refractivity contribution in [3.63, 3.8) is 0 Å². The summed E-state index contributed by atoms with van der Waals surface area (Å²) in [5.74, 6) is 0.456. The van der Waals surface area contributed by atoms with E-state index in [2.05, 4.69) is 14.9 Å². The maximum Gasteiger partial charge on any atom is 0.315 e. The molecule has 0 saturated heterocycles. The first kappa shape index (κ1) is 11.3. The van der Waals surface area contributed by atoms with Crippen molar-refractivity contribution in [2.45, 2.75) is 12.8 Å². The van der Waals surface area contributed by atoms with Gasteiger partial charge in [0, 0.05) is 6.42 Å². The molecule has 1 heterocycles. The Kier molecular flexibility index (Phi) is 3.49. The maximum atomic E-state index is 11.0. The lowest BCUT2D eigenvalue weighted by Crippen LogP contribution is -2.04. The van der Waals surface area contributed by atoms with Gasteiger partial charge in [0.15, 0.2) is 5.82 Å². The molecule has 0 unspecified atom stereocenters. The first-order valence-corrected chi connectivity index (χ1v) is 5.20. The number of nitrogens with zero attached hydrogens (tertiary/aromatic N) is 2. The molecule has 0 amide bonds. The summed E-state index contributed by atoms with van der Waals surface area (Å²) in [6.07, 6.45) is 0.601.